The fourth-order valence-electron chi connectivity index (χ4n) is 5.05. The second kappa shape index (κ2) is 12.2. The summed E-state index contributed by atoms with van der Waals surface area (Å²) in [6, 6.07) is 15.1. The van der Waals surface area contributed by atoms with Gasteiger partial charge in [-0.15, -0.1) is 12.4 Å². The minimum atomic E-state index is 0. The Bertz CT molecular complexity index is 789. The smallest absolute Gasteiger partial charge is 0.220 e. The normalized spacial score (nSPS) is 23.0. The molecule has 0 spiro atoms. The SMILES string of the molecule is Cl.O=C(CCC[C@H]1NC[C@@H]2C[C@H]1CN(Cc1cccnc1)C2)NCCc1ccccc1. The van der Waals surface area contributed by atoms with E-state index in [0.29, 0.717) is 18.4 Å². The lowest BCUT2D eigenvalue weighted by Gasteiger charge is -2.46. The van der Waals surface area contributed by atoms with Gasteiger partial charge in [-0.2, -0.15) is 0 Å². The van der Waals surface area contributed by atoms with Gasteiger partial charge >= 0.3 is 0 Å². The maximum Gasteiger partial charge on any atom is 0.220 e. The van der Waals surface area contributed by atoms with E-state index in [2.05, 4.69) is 38.7 Å². The quantitative estimate of drug-likeness (QED) is 0.624. The number of rotatable bonds is 9. The molecule has 0 unspecified atom stereocenters. The third-order valence-electron chi connectivity index (χ3n) is 6.51. The Balaban J connectivity index is 0.00000272. The number of aromatic nitrogens is 1. The third-order valence-corrected chi connectivity index (χ3v) is 6.51. The lowest BCUT2D eigenvalue weighted by molar-refractivity contribution is -0.121. The van der Waals surface area contributed by atoms with E-state index in [1.807, 2.05) is 36.7 Å². The molecule has 3 heterocycles. The highest BCUT2D eigenvalue weighted by atomic mass is 35.5. The Morgan fingerprint density at radius 2 is 1.97 bits per heavy atom. The third kappa shape index (κ3) is 7.30. The van der Waals surface area contributed by atoms with Gasteiger partial charge in [0.05, 0.1) is 0 Å². The summed E-state index contributed by atoms with van der Waals surface area (Å²) >= 11 is 0. The fraction of sp³-hybridized carbons (Fsp3) is 0.520. The second-order valence-electron chi connectivity index (χ2n) is 8.91. The lowest BCUT2D eigenvalue weighted by Crippen LogP contribution is -2.55. The van der Waals surface area contributed by atoms with Crippen LogP contribution in [0.4, 0.5) is 0 Å². The number of benzene rings is 1. The van der Waals surface area contributed by atoms with Gasteiger partial charge in [0.1, 0.15) is 0 Å². The number of carbonyl (C=O) groups excluding carboxylic acids is 1. The number of hydrogen-bond acceptors (Lipinski definition) is 4. The molecule has 168 valence electrons. The van der Waals surface area contributed by atoms with Crippen LogP contribution in [0.1, 0.15) is 36.8 Å². The highest BCUT2D eigenvalue weighted by molar-refractivity contribution is 5.85. The van der Waals surface area contributed by atoms with Crippen molar-refractivity contribution in [1.82, 2.24) is 20.5 Å². The molecule has 1 amide bonds. The largest absolute Gasteiger partial charge is 0.356 e. The zero-order valence-corrected chi connectivity index (χ0v) is 19.0. The number of carbonyl (C=O) groups is 1. The summed E-state index contributed by atoms with van der Waals surface area (Å²) in [6.07, 6.45) is 8.71. The number of fused-ring (bicyclic) bond motifs is 2. The Kier molecular flexibility index (Phi) is 9.31. The number of pyridine rings is 1. The molecule has 2 bridgehead atoms. The van der Waals surface area contributed by atoms with Crippen LogP contribution in [0.25, 0.3) is 0 Å². The number of hydrogen-bond donors (Lipinski definition) is 2. The molecular formula is C25H35ClN4O. The first kappa shape index (κ1) is 23.7. The first-order chi connectivity index (χ1) is 14.8. The van der Waals surface area contributed by atoms with Crippen molar-refractivity contribution in [3.63, 3.8) is 0 Å². The van der Waals surface area contributed by atoms with Crippen LogP contribution in [0.5, 0.6) is 0 Å². The van der Waals surface area contributed by atoms with Crippen LogP contribution in [-0.2, 0) is 17.8 Å². The van der Waals surface area contributed by atoms with Crippen molar-refractivity contribution < 1.29 is 4.79 Å². The van der Waals surface area contributed by atoms with Gasteiger partial charge in [0.25, 0.3) is 0 Å². The van der Waals surface area contributed by atoms with Crippen LogP contribution in [0.15, 0.2) is 54.9 Å². The standard InChI is InChI=1S/C25H34N4O.ClH/c30-25(27-13-11-20-6-2-1-3-7-20)10-4-9-24-23-14-22(16-28-24)18-29(19-23)17-21-8-5-12-26-15-21;/h1-3,5-8,12,15,22-24,28H,4,9-11,13-14,16-19H2,(H,27,30);1H/t22-,23-,24+;/m0./s1. The average Bonchev–Trinajstić information content (AvgIpc) is 2.77. The first-order valence-corrected chi connectivity index (χ1v) is 11.4. The number of amides is 1. The van der Waals surface area contributed by atoms with Crippen molar-refractivity contribution >= 4 is 18.3 Å². The second-order valence-corrected chi connectivity index (χ2v) is 8.91. The number of likely N-dealkylation sites (tertiary alicyclic amines) is 1. The molecule has 0 aliphatic carbocycles. The van der Waals surface area contributed by atoms with E-state index >= 15 is 0 Å². The molecule has 2 saturated heterocycles. The highest BCUT2D eigenvalue weighted by Crippen LogP contribution is 2.31. The highest BCUT2D eigenvalue weighted by Gasteiger charge is 2.36. The predicted octanol–water partition coefficient (Wildman–Crippen LogP) is 3.44. The van der Waals surface area contributed by atoms with Crippen molar-refractivity contribution in [2.75, 3.05) is 26.2 Å². The van der Waals surface area contributed by atoms with Crippen molar-refractivity contribution in [3.05, 3.63) is 66.0 Å². The van der Waals surface area contributed by atoms with Crippen molar-refractivity contribution in [2.24, 2.45) is 11.8 Å². The molecule has 0 radical (unpaired) electrons. The Hall–Kier alpha value is -1.95. The summed E-state index contributed by atoms with van der Waals surface area (Å²) in [5.74, 6) is 1.62. The Morgan fingerprint density at radius 1 is 1.13 bits per heavy atom. The molecule has 2 aliphatic rings. The maximum absolute atomic E-state index is 12.2. The molecule has 4 rings (SSSR count). The monoisotopic (exact) mass is 442 g/mol. The van der Waals surface area contributed by atoms with Gasteiger partial charge in [-0.3, -0.25) is 14.7 Å². The zero-order valence-electron chi connectivity index (χ0n) is 18.2. The molecule has 31 heavy (non-hydrogen) atoms. The van der Waals surface area contributed by atoms with Crippen LogP contribution < -0.4 is 10.6 Å². The van der Waals surface area contributed by atoms with E-state index in [0.717, 1.165) is 51.4 Å². The topological polar surface area (TPSA) is 57.3 Å². The molecule has 2 fully saturated rings. The summed E-state index contributed by atoms with van der Waals surface area (Å²) in [4.78, 5) is 19.1. The lowest BCUT2D eigenvalue weighted by atomic mass is 9.79. The van der Waals surface area contributed by atoms with E-state index < -0.39 is 0 Å². The van der Waals surface area contributed by atoms with Crippen molar-refractivity contribution in [1.29, 1.82) is 0 Å². The molecule has 1 aromatic heterocycles. The maximum atomic E-state index is 12.2. The minimum Gasteiger partial charge on any atom is -0.356 e. The molecule has 1 aromatic carbocycles. The molecular weight excluding hydrogens is 408 g/mol. The van der Waals surface area contributed by atoms with Crippen LogP contribution >= 0.6 is 12.4 Å². The Labute approximate surface area is 192 Å². The van der Waals surface area contributed by atoms with E-state index in [1.54, 1.807) is 0 Å². The predicted molar refractivity (Wildman–Crippen MR) is 127 cm³/mol. The molecule has 6 heteroatoms. The van der Waals surface area contributed by atoms with Gasteiger partial charge in [-0.1, -0.05) is 36.4 Å². The van der Waals surface area contributed by atoms with Crippen molar-refractivity contribution in [3.8, 4) is 0 Å². The Morgan fingerprint density at radius 3 is 2.77 bits per heavy atom. The number of halogens is 1. The number of nitrogens with zero attached hydrogens (tertiary/aromatic N) is 2. The van der Waals surface area contributed by atoms with E-state index in [1.165, 1.54) is 24.1 Å². The van der Waals surface area contributed by atoms with Gasteiger partial charge in [0.2, 0.25) is 5.91 Å². The van der Waals surface area contributed by atoms with Gasteiger partial charge in [-0.05, 0) is 61.3 Å². The minimum absolute atomic E-state index is 0. The molecule has 2 aromatic rings. The van der Waals surface area contributed by atoms with E-state index in [-0.39, 0.29) is 18.3 Å². The van der Waals surface area contributed by atoms with Gasteiger partial charge in [0.15, 0.2) is 0 Å². The van der Waals surface area contributed by atoms with Crippen LogP contribution in [-0.4, -0.2) is 48.0 Å². The number of nitrogens with one attached hydrogen (secondary N) is 2. The molecule has 3 atom stereocenters. The van der Waals surface area contributed by atoms with Crippen LogP contribution in [0, 0.1) is 11.8 Å². The van der Waals surface area contributed by atoms with Gasteiger partial charge in [-0.25, -0.2) is 0 Å². The van der Waals surface area contributed by atoms with Crippen LogP contribution in [0.2, 0.25) is 0 Å². The summed E-state index contributed by atoms with van der Waals surface area (Å²) in [5.41, 5.74) is 2.57. The first-order valence-electron chi connectivity index (χ1n) is 11.4. The van der Waals surface area contributed by atoms with E-state index in [4.69, 9.17) is 0 Å². The van der Waals surface area contributed by atoms with Crippen molar-refractivity contribution in [2.45, 2.75) is 44.7 Å². The molecule has 5 nitrogen and oxygen atoms in total. The summed E-state index contributed by atoms with van der Waals surface area (Å²) in [6.45, 7) is 5.14. The van der Waals surface area contributed by atoms with Gasteiger partial charge in [0, 0.05) is 51.0 Å². The zero-order chi connectivity index (χ0) is 20.6. The molecule has 0 saturated carbocycles. The summed E-state index contributed by atoms with van der Waals surface area (Å²) in [5, 5.41) is 6.85. The van der Waals surface area contributed by atoms with E-state index in [9.17, 15) is 4.79 Å². The summed E-state index contributed by atoms with van der Waals surface area (Å²) in [7, 11) is 0. The van der Waals surface area contributed by atoms with Gasteiger partial charge < -0.3 is 10.6 Å². The summed E-state index contributed by atoms with van der Waals surface area (Å²) < 4.78 is 0. The molecule has 2 aliphatic heterocycles. The van der Waals surface area contributed by atoms with Crippen LogP contribution in [0.3, 0.4) is 0 Å². The average molecular weight is 443 g/mol. The fourth-order valence-corrected chi connectivity index (χ4v) is 5.05. The number of piperidine rings is 2. The molecule has 2 N–H and O–H groups in total.